The predicted molar refractivity (Wildman–Crippen MR) is 67.7 cm³/mol. The second kappa shape index (κ2) is 3.64. The third-order valence-electron chi connectivity index (χ3n) is 3.06. The highest BCUT2D eigenvalue weighted by Crippen LogP contribution is 2.32. The van der Waals surface area contributed by atoms with Gasteiger partial charge in [0, 0.05) is 17.4 Å². The van der Waals surface area contributed by atoms with Crippen LogP contribution in [0.25, 0.3) is 11.1 Å². The number of fused-ring (bicyclic) bond motifs is 1. The van der Waals surface area contributed by atoms with Crippen molar-refractivity contribution in [2.45, 2.75) is 6.42 Å². The maximum absolute atomic E-state index is 11.3. The first-order chi connectivity index (χ1) is 8.69. The molecule has 0 saturated heterocycles. The van der Waals surface area contributed by atoms with E-state index >= 15 is 0 Å². The molecule has 1 amide bonds. The van der Waals surface area contributed by atoms with E-state index in [-0.39, 0.29) is 5.91 Å². The summed E-state index contributed by atoms with van der Waals surface area (Å²) in [6.07, 6.45) is 2.09. The third-order valence-corrected chi connectivity index (χ3v) is 3.06. The number of rotatable bonds is 1. The Bertz CT molecular complexity index is 694. The number of nitrogens with one attached hydrogen (secondary N) is 2. The van der Waals surface area contributed by atoms with Gasteiger partial charge >= 0.3 is 0 Å². The maximum Gasteiger partial charge on any atom is 0.228 e. The van der Waals surface area contributed by atoms with Crippen molar-refractivity contribution in [1.29, 1.82) is 5.26 Å². The average Bonchev–Trinajstić information content (AvgIpc) is 2.89. The molecule has 1 aliphatic heterocycles. The van der Waals surface area contributed by atoms with E-state index in [1.165, 1.54) is 0 Å². The first kappa shape index (κ1) is 10.4. The zero-order chi connectivity index (χ0) is 12.7. The number of hydrogen-bond donors (Lipinski definition) is 3. The van der Waals surface area contributed by atoms with Crippen LogP contribution in [0, 0.1) is 11.3 Å². The second-order valence-corrected chi connectivity index (χ2v) is 4.20. The summed E-state index contributed by atoms with van der Waals surface area (Å²) in [4.78, 5) is 14.1. The molecule has 0 saturated carbocycles. The van der Waals surface area contributed by atoms with Crippen LogP contribution in [0.3, 0.4) is 0 Å². The van der Waals surface area contributed by atoms with Gasteiger partial charge in [0.2, 0.25) is 5.91 Å². The van der Waals surface area contributed by atoms with Crippen LogP contribution in [0.4, 0.5) is 11.5 Å². The number of nitrogens with two attached hydrogens (primary N) is 1. The van der Waals surface area contributed by atoms with Gasteiger partial charge in [-0.05, 0) is 23.3 Å². The number of H-pyrrole nitrogens is 1. The molecule has 2 heterocycles. The molecule has 0 radical (unpaired) electrons. The molecule has 4 N–H and O–H groups in total. The average molecular weight is 238 g/mol. The standard InChI is InChI=1S/C13H10N4O/c14-5-9-10(6-16-13(9)15)7-1-2-11-8(3-7)4-12(18)17-11/h1-3,6,16H,4,15H2,(H,17,18). The van der Waals surface area contributed by atoms with Crippen LogP contribution in [0.5, 0.6) is 0 Å². The highest BCUT2D eigenvalue weighted by atomic mass is 16.1. The molecule has 1 aromatic heterocycles. The van der Waals surface area contributed by atoms with Gasteiger partial charge in [0.1, 0.15) is 17.5 Å². The summed E-state index contributed by atoms with van der Waals surface area (Å²) < 4.78 is 0. The van der Waals surface area contributed by atoms with Gasteiger partial charge in [-0.2, -0.15) is 5.26 Å². The molecular formula is C13H10N4O. The van der Waals surface area contributed by atoms with Crippen LogP contribution in [-0.4, -0.2) is 10.9 Å². The summed E-state index contributed by atoms with van der Waals surface area (Å²) in [6, 6.07) is 7.71. The lowest BCUT2D eigenvalue weighted by molar-refractivity contribution is -0.115. The molecule has 18 heavy (non-hydrogen) atoms. The van der Waals surface area contributed by atoms with E-state index in [1.54, 1.807) is 6.20 Å². The van der Waals surface area contributed by atoms with Gasteiger partial charge in [-0.3, -0.25) is 4.79 Å². The lowest BCUT2D eigenvalue weighted by Crippen LogP contribution is -2.03. The summed E-state index contributed by atoms with van der Waals surface area (Å²) in [6.45, 7) is 0. The summed E-state index contributed by atoms with van der Waals surface area (Å²) in [5.41, 5.74) is 9.55. The van der Waals surface area contributed by atoms with E-state index in [0.29, 0.717) is 17.8 Å². The van der Waals surface area contributed by atoms with Gasteiger partial charge in [-0.15, -0.1) is 0 Å². The van der Waals surface area contributed by atoms with Gasteiger partial charge < -0.3 is 16.0 Å². The molecule has 0 spiro atoms. The van der Waals surface area contributed by atoms with Crippen molar-refractivity contribution >= 4 is 17.4 Å². The molecule has 88 valence electrons. The molecule has 0 aliphatic carbocycles. The first-order valence-corrected chi connectivity index (χ1v) is 5.49. The van der Waals surface area contributed by atoms with E-state index in [9.17, 15) is 4.79 Å². The Kier molecular flexibility index (Phi) is 2.10. The number of nitrogen functional groups attached to an aromatic ring is 1. The van der Waals surface area contributed by atoms with Crippen molar-refractivity contribution in [1.82, 2.24) is 4.98 Å². The minimum atomic E-state index is -0.00348. The number of aromatic nitrogens is 1. The van der Waals surface area contributed by atoms with Crippen LogP contribution >= 0.6 is 0 Å². The molecule has 1 aliphatic rings. The number of hydrogen-bond acceptors (Lipinski definition) is 3. The number of amides is 1. The number of anilines is 2. The fraction of sp³-hybridized carbons (Fsp3) is 0.0769. The fourth-order valence-electron chi connectivity index (χ4n) is 2.18. The number of benzene rings is 1. The summed E-state index contributed by atoms with van der Waals surface area (Å²) in [5.74, 6) is 0.360. The summed E-state index contributed by atoms with van der Waals surface area (Å²) >= 11 is 0. The molecule has 0 bridgehead atoms. The molecule has 0 atom stereocenters. The second-order valence-electron chi connectivity index (χ2n) is 4.20. The van der Waals surface area contributed by atoms with E-state index in [2.05, 4.69) is 16.4 Å². The molecule has 1 aromatic carbocycles. The Morgan fingerprint density at radius 1 is 1.39 bits per heavy atom. The van der Waals surface area contributed by atoms with Crippen molar-refractivity contribution in [3.05, 3.63) is 35.5 Å². The minimum absolute atomic E-state index is 0.00348. The van der Waals surface area contributed by atoms with E-state index in [4.69, 9.17) is 11.0 Å². The van der Waals surface area contributed by atoms with Crippen LogP contribution in [-0.2, 0) is 11.2 Å². The van der Waals surface area contributed by atoms with Gasteiger partial charge in [0.05, 0.1) is 6.42 Å². The van der Waals surface area contributed by atoms with Gasteiger partial charge in [0.25, 0.3) is 0 Å². The Hall–Kier alpha value is -2.74. The lowest BCUT2D eigenvalue weighted by atomic mass is 10.0. The van der Waals surface area contributed by atoms with E-state index in [0.717, 1.165) is 22.4 Å². The zero-order valence-electron chi connectivity index (χ0n) is 9.45. The molecule has 5 heteroatoms. The monoisotopic (exact) mass is 238 g/mol. The molecule has 2 aromatic rings. The third kappa shape index (κ3) is 1.44. The van der Waals surface area contributed by atoms with E-state index in [1.807, 2.05) is 18.2 Å². The highest BCUT2D eigenvalue weighted by molar-refractivity contribution is 5.99. The van der Waals surface area contributed by atoms with Crippen molar-refractivity contribution in [3.8, 4) is 17.2 Å². The Balaban J connectivity index is 2.12. The van der Waals surface area contributed by atoms with Gasteiger partial charge in [-0.1, -0.05) is 6.07 Å². The Labute approximate surface area is 103 Å². The van der Waals surface area contributed by atoms with Crippen LogP contribution < -0.4 is 11.1 Å². The summed E-state index contributed by atoms with van der Waals surface area (Å²) in [7, 11) is 0. The normalized spacial score (nSPS) is 12.9. The van der Waals surface area contributed by atoms with Crippen molar-refractivity contribution in [2.75, 3.05) is 11.1 Å². The number of nitrogens with zero attached hydrogens (tertiary/aromatic N) is 1. The summed E-state index contributed by atoms with van der Waals surface area (Å²) in [5, 5.41) is 11.8. The van der Waals surface area contributed by atoms with Crippen LogP contribution in [0.2, 0.25) is 0 Å². The largest absolute Gasteiger partial charge is 0.384 e. The highest BCUT2D eigenvalue weighted by Gasteiger charge is 2.19. The molecule has 3 rings (SSSR count). The topological polar surface area (TPSA) is 94.7 Å². The van der Waals surface area contributed by atoms with Crippen molar-refractivity contribution < 1.29 is 4.79 Å². The number of carbonyl (C=O) groups excluding carboxylic acids is 1. The van der Waals surface area contributed by atoms with Gasteiger partial charge in [0.15, 0.2) is 0 Å². The number of carbonyl (C=O) groups is 1. The first-order valence-electron chi connectivity index (χ1n) is 5.49. The van der Waals surface area contributed by atoms with Crippen molar-refractivity contribution in [2.24, 2.45) is 0 Å². The maximum atomic E-state index is 11.3. The minimum Gasteiger partial charge on any atom is -0.384 e. The quantitative estimate of drug-likeness (QED) is 0.704. The Morgan fingerprint density at radius 3 is 3.00 bits per heavy atom. The molecular weight excluding hydrogens is 228 g/mol. The number of aromatic amines is 1. The SMILES string of the molecule is N#Cc1c(-c2ccc3c(c2)CC(=O)N3)c[nH]c1N. The van der Waals surface area contributed by atoms with E-state index < -0.39 is 0 Å². The predicted octanol–water partition coefficient (Wildman–Crippen LogP) is 1.63. The lowest BCUT2D eigenvalue weighted by Gasteiger charge is -2.03. The number of nitriles is 1. The molecule has 0 fully saturated rings. The molecule has 5 nitrogen and oxygen atoms in total. The van der Waals surface area contributed by atoms with Crippen LogP contribution in [0.15, 0.2) is 24.4 Å². The smallest absolute Gasteiger partial charge is 0.228 e. The molecule has 0 unspecified atom stereocenters. The fourth-order valence-corrected chi connectivity index (χ4v) is 2.18. The van der Waals surface area contributed by atoms with Crippen LogP contribution in [0.1, 0.15) is 11.1 Å². The Morgan fingerprint density at radius 2 is 2.22 bits per heavy atom. The van der Waals surface area contributed by atoms with Crippen molar-refractivity contribution in [3.63, 3.8) is 0 Å². The van der Waals surface area contributed by atoms with Gasteiger partial charge in [-0.25, -0.2) is 0 Å². The zero-order valence-corrected chi connectivity index (χ0v) is 9.45.